The quantitative estimate of drug-likeness (QED) is 0.900. The molecular formula is C15H23N3O. The van der Waals surface area contributed by atoms with Crippen LogP contribution in [0.3, 0.4) is 0 Å². The van der Waals surface area contributed by atoms with Crippen molar-refractivity contribution in [1.82, 2.24) is 9.47 Å². The monoisotopic (exact) mass is 261 g/mol. The molecule has 0 aromatic carbocycles. The lowest BCUT2D eigenvalue weighted by atomic mass is 10.1. The molecule has 104 valence electrons. The number of nitrogens with zero attached hydrogens (tertiary/aromatic N) is 2. The van der Waals surface area contributed by atoms with E-state index in [1.54, 1.807) is 0 Å². The smallest absolute Gasteiger partial charge is 0.242 e. The number of hydrogen-bond donors (Lipinski definition) is 1. The largest absolute Gasteiger partial charge is 0.345 e. The molecule has 4 nitrogen and oxygen atoms in total. The van der Waals surface area contributed by atoms with E-state index in [4.69, 9.17) is 5.73 Å². The molecule has 19 heavy (non-hydrogen) atoms. The highest BCUT2D eigenvalue weighted by Crippen LogP contribution is 2.39. The van der Waals surface area contributed by atoms with Crippen molar-refractivity contribution < 1.29 is 4.79 Å². The van der Waals surface area contributed by atoms with Gasteiger partial charge in [-0.2, -0.15) is 0 Å². The first-order valence-electron chi connectivity index (χ1n) is 7.43. The molecule has 4 heteroatoms. The topological polar surface area (TPSA) is 51.3 Å². The van der Waals surface area contributed by atoms with E-state index in [1.807, 2.05) is 21.9 Å². The van der Waals surface area contributed by atoms with Crippen molar-refractivity contribution in [3.63, 3.8) is 0 Å². The average molecular weight is 261 g/mol. The summed E-state index contributed by atoms with van der Waals surface area (Å²) in [6.45, 7) is 2.31. The lowest BCUT2D eigenvalue weighted by Gasteiger charge is -2.26. The predicted molar refractivity (Wildman–Crippen MR) is 74.5 cm³/mol. The zero-order valence-electron chi connectivity index (χ0n) is 11.4. The first kappa shape index (κ1) is 12.7. The Morgan fingerprint density at radius 2 is 2.05 bits per heavy atom. The molecule has 1 aliphatic carbocycles. The van der Waals surface area contributed by atoms with E-state index in [0.29, 0.717) is 12.5 Å². The number of carbonyl (C=O) groups excluding carboxylic acids is 1. The summed E-state index contributed by atoms with van der Waals surface area (Å²) >= 11 is 0. The fourth-order valence-corrected chi connectivity index (χ4v) is 2.88. The molecule has 1 atom stereocenters. The third-order valence-corrected chi connectivity index (χ3v) is 4.31. The van der Waals surface area contributed by atoms with Crippen molar-refractivity contribution in [3.8, 4) is 0 Å². The number of hydrogen-bond acceptors (Lipinski definition) is 2. The van der Waals surface area contributed by atoms with Gasteiger partial charge in [-0.25, -0.2) is 0 Å². The van der Waals surface area contributed by atoms with Crippen LogP contribution in [0.1, 0.15) is 43.7 Å². The Bertz CT molecular complexity index is 444. The summed E-state index contributed by atoms with van der Waals surface area (Å²) in [6, 6.07) is 2.22. The van der Waals surface area contributed by atoms with E-state index in [1.165, 1.54) is 24.8 Å². The maximum Gasteiger partial charge on any atom is 0.242 e. The van der Waals surface area contributed by atoms with Crippen LogP contribution in [0, 0.1) is 5.92 Å². The molecule has 1 amide bonds. The van der Waals surface area contributed by atoms with Gasteiger partial charge >= 0.3 is 0 Å². The molecule has 0 bridgehead atoms. The van der Waals surface area contributed by atoms with Crippen LogP contribution in [0.2, 0.25) is 0 Å². The van der Waals surface area contributed by atoms with Crippen LogP contribution in [-0.2, 0) is 11.3 Å². The summed E-state index contributed by atoms with van der Waals surface area (Å²) in [5, 5.41) is 0. The summed E-state index contributed by atoms with van der Waals surface area (Å²) in [6.07, 6.45) is 10.1. The standard InChI is InChI=1S/C15H23N3O/c16-15(12-4-5-12)13-6-9-17(10-13)11-14(19)18-7-2-1-3-8-18/h6,9-10,12,15H,1-5,7-8,11,16H2. The number of nitrogens with two attached hydrogens (primary N) is 1. The summed E-state index contributed by atoms with van der Waals surface area (Å²) in [5.41, 5.74) is 7.35. The van der Waals surface area contributed by atoms with E-state index in [2.05, 4.69) is 6.07 Å². The van der Waals surface area contributed by atoms with Gasteiger partial charge in [0.2, 0.25) is 5.91 Å². The van der Waals surface area contributed by atoms with Gasteiger partial charge in [0, 0.05) is 31.5 Å². The number of piperidine rings is 1. The van der Waals surface area contributed by atoms with Crippen LogP contribution in [0.15, 0.2) is 18.5 Å². The van der Waals surface area contributed by atoms with E-state index in [9.17, 15) is 4.79 Å². The Morgan fingerprint density at radius 3 is 2.74 bits per heavy atom. The first-order valence-corrected chi connectivity index (χ1v) is 7.43. The van der Waals surface area contributed by atoms with Gasteiger partial charge in [-0.1, -0.05) is 0 Å². The molecule has 1 aliphatic heterocycles. The Balaban J connectivity index is 1.58. The molecule has 2 heterocycles. The van der Waals surface area contributed by atoms with Gasteiger partial charge in [0.15, 0.2) is 0 Å². The van der Waals surface area contributed by atoms with E-state index in [-0.39, 0.29) is 11.9 Å². The van der Waals surface area contributed by atoms with Crippen LogP contribution in [0.25, 0.3) is 0 Å². The fraction of sp³-hybridized carbons (Fsp3) is 0.667. The van der Waals surface area contributed by atoms with Gasteiger partial charge in [0.05, 0.1) is 0 Å². The van der Waals surface area contributed by atoms with E-state index < -0.39 is 0 Å². The summed E-state index contributed by atoms with van der Waals surface area (Å²) in [4.78, 5) is 14.2. The number of aromatic nitrogens is 1. The maximum absolute atomic E-state index is 12.2. The van der Waals surface area contributed by atoms with Gasteiger partial charge in [0.1, 0.15) is 6.54 Å². The summed E-state index contributed by atoms with van der Waals surface area (Å²) in [5.74, 6) is 0.899. The Labute approximate surface area is 114 Å². The minimum atomic E-state index is 0.159. The lowest BCUT2D eigenvalue weighted by molar-refractivity contribution is -0.132. The molecule has 0 radical (unpaired) electrons. The van der Waals surface area contributed by atoms with Crippen LogP contribution in [0.5, 0.6) is 0 Å². The van der Waals surface area contributed by atoms with Crippen molar-refractivity contribution >= 4 is 5.91 Å². The maximum atomic E-state index is 12.2. The highest BCUT2D eigenvalue weighted by atomic mass is 16.2. The average Bonchev–Trinajstić information content (AvgIpc) is 3.19. The number of carbonyl (C=O) groups is 1. The predicted octanol–water partition coefficient (Wildman–Crippen LogP) is 1.91. The van der Waals surface area contributed by atoms with Gasteiger partial charge in [-0.05, 0) is 49.7 Å². The van der Waals surface area contributed by atoms with Crippen LogP contribution < -0.4 is 5.73 Å². The van der Waals surface area contributed by atoms with E-state index in [0.717, 1.165) is 25.9 Å². The Kier molecular flexibility index (Phi) is 3.60. The molecule has 1 saturated heterocycles. The second-order valence-electron chi connectivity index (χ2n) is 5.92. The van der Waals surface area contributed by atoms with Gasteiger partial charge in [-0.15, -0.1) is 0 Å². The van der Waals surface area contributed by atoms with Crippen molar-refractivity contribution in [1.29, 1.82) is 0 Å². The molecular weight excluding hydrogens is 238 g/mol. The lowest BCUT2D eigenvalue weighted by Crippen LogP contribution is -2.37. The SMILES string of the molecule is NC(c1ccn(CC(=O)N2CCCCC2)c1)C1CC1. The molecule has 1 unspecified atom stereocenters. The number of likely N-dealkylation sites (tertiary alicyclic amines) is 1. The molecule has 2 fully saturated rings. The van der Waals surface area contributed by atoms with Crippen molar-refractivity contribution in [2.45, 2.75) is 44.7 Å². The van der Waals surface area contributed by atoms with Crippen LogP contribution >= 0.6 is 0 Å². The number of amides is 1. The molecule has 0 spiro atoms. The van der Waals surface area contributed by atoms with Crippen molar-refractivity contribution in [3.05, 3.63) is 24.0 Å². The molecule has 2 N–H and O–H groups in total. The zero-order chi connectivity index (χ0) is 13.2. The second-order valence-corrected chi connectivity index (χ2v) is 5.92. The van der Waals surface area contributed by atoms with Gasteiger partial charge in [-0.3, -0.25) is 4.79 Å². The Hall–Kier alpha value is -1.29. The molecule has 2 aliphatic rings. The highest BCUT2D eigenvalue weighted by Gasteiger charge is 2.30. The van der Waals surface area contributed by atoms with E-state index >= 15 is 0 Å². The summed E-state index contributed by atoms with van der Waals surface area (Å²) in [7, 11) is 0. The normalized spacial score (nSPS) is 21.4. The van der Waals surface area contributed by atoms with Crippen LogP contribution in [-0.4, -0.2) is 28.5 Å². The minimum Gasteiger partial charge on any atom is -0.345 e. The second kappa shape index (κ2) is 5.37. The third-order valence-electron chi connectivity index (χ3n) is 4.31. The van der Waals surface area contributed by atoms with Crippen LogP contribution in [0.4, 0.5) is 0 Å². The molecule has 3 rings (SSSR count). The first-order chi connectivity index (χ1) is 9.24. The number of rotatable bonds is 4. The zero-order valence-corrected chi connectivity index (χ0v) is 11.4. The highest BCUT2D eigenvalue weighted by molar-refractivity contribution is 5.76. The minimum absolute atomic E-state index is 0.159. The van der Waals surface area contributed by atoms with Gasteiger partial charge in [0.25, 0.3) is 0 Å². The summed E-state index contributed by atoms with van der Waals surface area (Å²) < 4.78 is 1.98. The fourth-order valence-electron chi connectivity index (χ4n) is 2.88. The Morgan fingerprint density at radius 1 is 1.32 bits per heavy atom. The molecule has 1 aromatic rings. The van der Waals surface area contributed by atoms with Gasteiger partial charge < -0.3 is 15.2 Å². The molecule has 1 saturated carbocycles. The van der Waals surface area contributed by atoms with Crippen molar-refractivity contribution in [2.75, 3.05) is 13.1 Å². The molecule has 1 aromatic heterocycles. The third kappa shape index (κ3) is 3.00. The van der Waals surface area contributed by atoms with Crippen molar-refractivity contribution in [2.24, 2.45) is 11.7 Å².